The molecular weight excluding hydrogens is 630 g/mol. The van der Waals surface area contributed by atoms with E-state index in [9.17, 15) is 43.5 Å². The molecule has 1 heterocycles. The molecule has 264 valence electrons. The molecule has 6 atom stereocenters. The quantitative estimate of drug-likeness (QED) is 0.0860. The molecule has 48 heavy (non-hydrogen) atoms. The number of nitrogens with two attached hydrogens (primary N) is 2. The minimum atomic E-state index is -1.63. The van der Waals surface area contributed by atoms with Crippen molar-refractivity contribution in [3.05, 3.63) is 29.8 Å². The average molecular weight is 676 g/mol. The van der Waals surface area contributed by atoms with Gasteiger partial charge in [-0.1, -0.05) is 32.4 Å². The third-order valence-electron chi connectivity index (χ3n) is 8.03. The standard InChI is InChI=1S/C31H45N7O10/c1-4-16(2)26(27(33)44)37-30(47)23-6-5-13-38(23)31(48)22(14-18-7-9-19(40)10-8-18)36-29(46)21(15-24(32)41)35-28(45)20(34-17(3)39)11-12-25(42)43/h7-10,16,20-23,26,40H,4-6,11-15H2,1-3H3,(H2,32,41)(H2,33,44)(H,34,39)(H,35,45)(H,36,46)(H,37,47)(H,42,43). The SMILES string of the molecule is CCC(C)C(NC(=O)C1CCCN1C(=O)C(Cc1ccc(O)cc1)NC(=O)C(CC(N)=O)NC(=O)C(CCC(=O)O)NC(C)=O)C(N)=O. The maximum atomic E-state index is 14.0. The Balaban J connectivity index is 2.37. The fraction of sp³-hybridized carbons (Fsp3) is 0.548. The van der Waals surface area contributed by atoms with Crippen LogP contribution < -0.4 is 32.7 Å². The Hall–Kier alpha value is -5.22. The lowest BCUT2D eigenvalue weighted by molar-refractivity contribution is -0.142. The predicted octanol–water partition coefficient (Wildman–Crippen LogP) is -1.84. The van der Waals surface area contributed by atoms with E-state index in [0.29, 0.717) is 18.4 Å². The van der Waals surface area contributed by atoms with Crippen LogP contribution in [-0.4, -0.2) is 99.2 Å². The van der Waals surface area contributed by atoms with Gasteiger partial charge in [0.1, 0.15) is 36.0 Å². The van der Waals surface area contributed by atoms with E-state index in [1.165, 1.54) is 29.2 Å². The largest absolute Gasteiger partial charge is 0.508 e. The zero-order chi connectivity index (χ0) is 36.1. The van der Waals surface area contributed by atoms with Crippen molar-refractivity contribution in [2.24, 2.45) is 17.4 Å². The molecule has 1 fully saturated rings. The summed E-state index contributed by atoms with van der Waals surface area (Å²) in [5, 5.41) is 28.6. The molecule has 0 bridgehead atoms. The number of amides is 7. The molecule has 10 N–H and O–H groups in total. The van der Waals surface area contributed by atoms with E-state index in [1.54, 1.807) is 6.92 Å². The summed E-state index contributed by atoms with van der Waals surface area (Å²) >= 11 is 0. The van der Waals surface area contributed by atoms with Crippen LogP contribution in [0.2, 0.25) is 0 Å². The van der Waals surface area contributed by atoms with Crippen molar-refractivity contribution in [3.8, 4) is 5.75 Å². The number of aliphatic carboxylic acids is 1. The molecule has 6 unspecified atom stereocenters. The normalized spacial score (nSPS) is 17.1. The van der Waals surface area contributed by atoms with Crippen LogP contribution in [0, 0.1) is 5.92 Å². The topological polar surface area (TPSA) is 280 Å². The van der Waals surface area contributed by atoms with Crippen molar-refractivity contribution >= 4 is 47.3 Å². The van der Waals surface area contributed by atoms with E-state index in [4.69, 9.17) is 16.6 Å². The molecule has 2 rings (SSSR count). The van der Waals surface area contributed by atoms with Crippen LogP contribution in [0.15, 0.2) is 24.3 Å². The summed E-state index contributed by atoms with van der Waals surface area (Å²) in [7, 11) is 0. The van der Waals surface area contributed by atoms with Crippen LogP contribution in [0.5, 0.6) is 5.75 Å². The Bertz CT molecular complexity index is 1370. The molecular formula is C31H45N7O10. The Morgan fingerprint density at radius 3 is 2.06 bits per heavy atom. The fourth-order valence-electron chi connectivity index (χ4n) is 5.29. The number of phenols is 1. The summed E-state index contributed by atoms with van der Waals surface area (Å²) in [6.07, 6.45) is -0.384. The van der Waals surface area contributed by atoms with Crippen LogP contribution in [0.4, 0.5) is 0 Å². The van der Waals surface area contributed by atoms with Crippen LogP contribution in [0.1, 0.15) is 64.9 Å². The second kappa shape index (κ2) is 18.2. The van der Waals surface area contributed by atoms with Crippen LogP contribution in [0.25, 0.3) is 0 Å². The molecule has 1 aromatic rings. The summed E-state index contributed by atoms with van der Waals surface area (Å²) in [5.41, 5.74) is 11.4. The molecule has 0 aromatic heterocycles. The summed E-state index contributed by atoms with van der Waals surface area (Å²) in [5.74, 6) is -7.14. The van der Waals surface area contributed by atoms with E-state index in [-0.39, 0.29) is 37.5 Å². The Morgan fingerprint density at radius 2 is 1.52 bits per heavy atom. The molecule has 0 saturated carbocycles. The highest BCUT2D eigenvalue weighted by Crippen LogP contribution is 2.21. The molecule has 0 spiro atoms. The number of primary amides is 2. The van der Waals surface area contributed by atoms with Crippen molar-refractivity contribution in [1.29, 1.82) is 0 Å². The molecule has 1 aliphatic heterocycles. The molecule has 0 radical (unpaired) electrons. The van der Waals surface area contributed by atoms with Gasteiger partial charge < -0.3 is 47.8 Å². The van der Waals surface area contributed by atoms with E-state index in [1.807, 2.05) is 6.92 Å². The van der Waals surface area contributed by atoms with Gasteiger partial charge in [0.25, 0.3) is 0 Å². The van der Waals surface area contributed by atoms with Gasteiger partial charge in [-0.25, -0.2) is 0 Å². The number of hydrogen-bond donors (Lipinski definition) is 8. The Morgan fingerprint density at radius 1 is 0.917 bits per heavy atom. The summed E-state index contributed by atoms with van der Waals surface area (Å²) < 4.78 is 0. The number of carbonyl (C=O) groups is 8. The van der Waals surface area contributed by atoms with Gasteiger partial charge in [0.15, 0.2) is 0 Å². The lowest BCUT2D eigenvalue weighted by atomic mass is 9.98. The summed E-state index contributed by atoms with van der Waals surface area (Å²) in [6.45, 7) is 4.84. The van der Waals surface area contributed by atoms with Gasteiger partial charge in [-0.3, -0.25) is 38.4 Å². The summed E-state index contributed by atoms with van der Waals surface area (Å²) in [4.78, 5) is 102. The number of benzene rings is 1. The zero-order valence-corrected chi connectivity index (χ0v) is 27.2. The number of aromatic hydroxyl groups is 1. The second-order valence-corrected chi connectivity index (χ2v) is 11.8. The first-order valence-electron chi connectivity index (χ1n) is 15.6. The van der Waals surface area contributed by atoms with Gasteiger partial charge in [0, 0.05) is 26.3 Å². The van der Waals surface area contributed by atoms with E-state index >= 15 is 0 Å². The van der Waals surface area contributed by atoms with Crippen molar-refractivity contribution in [1.82, 2.24) is 26.2 Å². The average Bonchev–Trinajstić information content (AvgIpc) is 3.51. The highest BCUT2D eigenvalue weighted by Gasteiger charge is 2.40. The van der Waals surface area contributed by atoms with Gasteiger partial charge in [0.2, 0.25) is 41.4 Å². The number of likely N-dealkylation sites (tertiary alicyclic amines) is 1. The Kier molecular flexibility index (Phi) is 14.8. The predicted molar refractivity (Wildman–Crippen MR) is 169 cm³/mol. The Labute approximate surface area is 277 Å². The number of carbonyl (C=O) groups excluding carboxylic acids is 7. The maximum absolute atomic E-state index is 14.0. The smallest absolute Gasteiger partial charge is 0.303 e. The van der Waals surface area contributed by atoms with Gasteiger partial charge in [-0.05, 0) is 42.9 Å². The molecule has 17 heteroatoms. The van der Waals surface area contributed by atoms with Gasteiger partial charge >= 0.3 is 5.97 Å². The molecule has 1 aliphatic rings. The van der Waals surface area contributed by atoms with Crippen molar-refractivity contribution in [3.63, 3.8) is 0 Å². The second-order valence-electron chi connectivity index (χ2n) is 11.8. The number of carboxylic acid groups (broad SMARTS) is 1. The lowest BCUT2D eigenvalue weighted by Gasteiger charge is -2.31. The third-order valence-corrected chi connectivity index (χ3v) is 8.03. The zero-order valence-electron chi connectivity index (χ0n) is 27.2. The maximum Gasteiger partial charge on any atom is 0.303 e. The number of nitrogens with one attached hydrogen (secondary N) is 4. The minimum absolute atomic E-state index is 0.0480. The first-order chi connectivity index (χ1) is 22.5. The monoisotopic (exact) mass is 675 g/mol. The van der Waals surface area contributed by atoms with Gasteiger partial charge in [-0.2, -0.15) is 0 Å². The van der Waals surface area contributed by atoms with E-state index in [2.05, 4.69) is 21.3 Å². The summed E-state index contributed by atoms with van der Waals surface area (Å²) in [6, 6.07) is -0.513. The first kappa shape index (κ1) is 39.0. The third kappa shape index (κ3) is 11.9. The van der Waals surface area contributed by atoms with Crippen molar-refractivity contribution < 1.29 is 48.6 Å². The number of rotatable bonds is 18. The highest BCUT2D eigenvalue weighted by molar-refractivity contribution is 5.98. The van der Waals surface area contributed by atoms with E-state index < -0.39 is 90.4 Å². The number of hydrogen-bond acceptors (Lipinski definition) is 9. The van der Waals surface area contributed by atoms with Crippen LogP contribution in [-0.2, 0) is 44.8 Å². The molecule has 1 saturated heterocycles. The van der Waals surface area contributed by atoms with Gasteiger partial charge in [-0.15, -0.1) is 0 Å². The number of nitrogens with zero attached hydrogens (tertiary/aromatic N) is 1. The molecule has 17 nitrogen and oxygen atoms in total. The first-order valence-corrected chi connectivity index (χ1v) is 15.6. The van der Waals surface area contributed by atoms with Crippen molar-refractivity contribution in [2.75, 3.05) is 6.54 Å². The molecule has 0 aliphatic carbocycles. The lowest BCUT2D eigenvalue weighted by Crippen LogP contribution is -2.60. The van der Waals surface area contributed by atoms with Crippen LogP contribution in [0.3, 0.4) is 0 Å². The molecule has 1 aromatic carbocycles. The van der Waals surface area contributed by atoms with Crippen molar-refractivity contribution in [2.45, 2.75) is 95.9 Å². The highest BCUT2D eigenvalue weighted by atomic mass is 16.4. The number of phenolic OH excluding ortho intramolecular Hbond substituents is 1. The van der Waals surface area contributed by atoms with Crippen LogP contribution >= 0.6 is 0 Å². The minimum Gasteiger partial charge on any atom is -0.508 e. The fourth-order valence-corrected chi connectivity index (χ4v) is 5.29. The van der Waals surface area contributed by atoms with Gasteiger partial charge in [0.05, 0.1) is 6.42 Å². The number of carboxylic acids is 1. The molecule has 7 amide bonds. The van der Waals surface area contributed by atoms with E-state index in [0.717, 1.165) is 6.92 Å².